The van der Waals surface area contributed by atoms with E-state index in [1.54, 1.807) is 36.4 Å². The number of amides is 1. The lowest BCUT2D eigenvalue weighted by molar-refractivity contribution is -0.111. The predicted molar refractivity (Wildman–Crippen MR) is 91.6 cm³/mol. The second kappa shape index (κ2) is 7.00. The highest BCUT2D eigenvalue weighted by molar-refractivity contribution is 6.03. The summed E-state index contributed by atoms with van der Waals surface area (Å²) in [5.74, 6) is -1.30. The van der Waals surface area contributed by atoms with Crippen LogP contribution in [0.3, 0.4) is 0 Å². The molecular weight excluding hydrogens is 325 g/mol. The SMILES string of the molecule is COC(=O)c1cc2cc(NC(=O)/C=C/c3ccccc3F)ccc2o1. The van der Waals surface area contributed by atoms with E-state index in [9.17, 15) is 14.0 Å². The van der Waals surface area contributed by atoms with Crippen molar-refractivity contribution in [1.82, 2.24) is 0 Å². The number of fused-ring (bicyclic) bond motifs is 1. The molecule has 0 aliphatic carbocycles. The number of esters is 1. The van der Waals surface area contributed by atoms with E-state index in [0.717, 1.165) is 0 Å². The first kappa shape index (κ1) is 16.4. The zero-order valence-electron chi connectivity index (χ0n) is 13.3. The van der Waals surface area contributed by atoms with Gasteiger partial charge in [0.1, 0.15) is 11.4 Å². The fourth-order valence-electron chi connectivity index (χ4n) is 2.28. The molecule has 0 radical (unpaired) electrons. The molecule has 0 atom stereocenters. The van der Waals surface area contributed by atoms with Gasteiger partial charge in [-0.15, -0.1) is 0 Å². The predicted octanol–water partition coefficient (Wildman–Crippen LogP) is 4.01. The first-order valence-corrected chi connectivity index (χ1v) is 7.42. The summed E-state index contributed by atoms with van der Waals surface area (Å²) in [4.78, 5) is 23.4. The molecule has 0 unspecified atom stereocenters. The number of furan rings is 1. The van der Waals surface area contributed by atoms with E-state index in [4.69, 9.17) is 4.42 Å². The van der Waals surface area contributed by atoms with E-state index >= 15 is 0 Å². The van der Waals surface area contributed by atoms with Crippen LogP contribution >= 0.6 is 0 Å². The molecule has 3 rings (SSSR count). The van der Waals surface area contributed by atoms with Crippen molar-refractivity contribution in [3.05, 3.63) is 71.7 Å². The smallest absolute Gasteiger partial charge is 0.373 e. The Balaban J connectivity index is 1.75. The molecule has 1 amide bonds. The van der Waals surface area contributed by atoms with E-state index < -0.39 is 17.7 Å². The molecule has 0 saturated carbocycles. The molecule has 126 valence electrons. The quantitative estimate of drug-likeness (QED) is 0.576. The van der Waals surface area contributed by atoms with Crippen LogP contribution in [0.4, 0.5) is 10.1 Å². The second-order valence-electron chi connectivity index (χ2n) is 5.20. The molecule has 25 heavy (non-hydrogen) atoms. The third kappa shape index (κ3) is 3.74. The molecule has 2 aromatic carbocycles. The molecule has 1 aromatic heterocycles. The molecule has 0 fully saturated rings. The zero-order valence-corrected chi connectivity index (χ0v) is 13.3. The average Bonchev–Trinajstić information content (AvgIpc) is 3.03. The average molecular weight is 339 g/mol. The summed E-state index contributed by atoms with van der Waals surface area (Å²) < 4.78 is 23.5. The third-order valence-corrected chi connectivity index (χ3v) is 3.49. The Morgan fingerprint density at radius 2 is 1.96 bits per heavy atom. The van der Waals surface area contributed by atoms with Crippen LogP contribution < -0.4 is 5.32 Å². The second-order valence-corrected chi connectivity index (χ2v) is 5.20. The monoisotopic (exact) mass is 339 g/mol. The van der Waals surface area contributed by atoms with Crippen LogP contribution in [0, 0.1) is 5.82 Å². The number of benzene rings is 2. The standard InChI is InChI=1S/C19H14FNO4/c1-24-19(23)17-11-13-10-14(7-8-16(13)25-17)21-18(22)9-6-12-4-2-3-5-15(12)20/h2-11H,1H3,(H,21,22)/b9-6+. The Bertz CT molecular complexity index is 974. The number of anilines is 1. The van der Waals surface area contributed by atoms with Gasteiger partial charge in [-0.25, -0.2) is 9.18 Å². The lowest BCUT2D eigenvalue weighted by Crippen LogP contribution is -2.07. The van der Waals surface area contributed by atoms with Crippen molar-refractivity contribution in [2.45, 2.75) is 0 Å². The number of carbonyl (C=O) groups is 2. The molecule has 0 bridgehead atoms. The molecule has 0 spiro atoms. The Hall–Kier alpha value is -3.41. The highest BCUT2D eigenvalue weighted by Crippen LogP contribution is 2.23. The van der Waals surface area contributed by atoms with Crippen molar-refractivity contribution < 1.29 is 23.1 Å². The van der Waals surface area contributed by atoms with Gasteiger partial charge in [-0.1, -0.05) is 18.2 Å². The van der Waals surface area contributed by atoms with E-state index in [-0.39, 0.29) is 5.76 Å². The Morgan fingerprint density at radius 1 is 1.16 bits per heavy atom. The molecule has 3 aromatic rings. The number of methoxy groups -OCH3 is 1. The normalized spacial score (nSPS) is 11.0. The first-order valence-electron chi connectivity index (χ1n) is 7.42. The minimum absolute atomic E-state index is 0.0837. The summed E-state index contributed by atoms with van der Waals surface area (Å²) in [6.07, 6.45) is 2.65. The van der Waals surface area contributed by atoms with E-state index in [2.05, 4.69) is 10.1 Å². The molecule has 1 N–H and O–H groups in total. The van der Waals surface area contributed by atoms with Crippen molar-refractivity contribution in [2.24, 2.45) is 0 Å². The van der Waals surface area contributed by atoms with Gasteiger partial charge >= 0.3 is 5.97 Å². The Labute approximate surface area is 142 Å². The van der Waals surface area contributed by atoms with Gasteiger partial charge in [0.2, 0.25) is 11.7 Å². The molecule has 0 aliphatic rings. The van der Waals surface area contributed by atoms with Gasteiger partial charge in [0.25, 0.3) is 0 Å². The van der Waals surface area contributed by atoms with Crippen LogP contribution in [-0.4, -0.2) is 19.0 Å². The van der Waals surface area contributed by atoms with Crippen LogP contribution in [0.2, 0.25) is 0 Å². The third-order valence-electron chi connectivity index (χ3n) is 3.49. The lowest BCUT2D eigenvalue weighted by atomic mass is 10.2. The maximum atomic E-state index is 13.5. The van der Waals surface area contributed by atoms with Crippen LogP contribution in [0.15, 0.2) is 59.0 Å². The Morgan fingerprint density at radius 3 is 2.72 bits per heavy atom. The van der Waals surface area contributed by atoms with Crippen molar-refractivity contribution >= 4 is 34.6 Å². The molecular formula is C19H14FNO4. The maximum absolute atomic E-state index is 13.5. The number of rotatable bonds is 4. The summed E-state index contributed by atoms with van der Waals surface area (Å²) in [6.45, 7) is 0. The minimum atomic E-state index is -0.574. The van der Waals surface area contributed by atoms with Crippen molar-refractivity contribution in [1.29, 1.82) is 0 Å². The summed E-state index contributed by atoms with van der Waals surface area (Å²) in [6, 6.07) is 12.6. The Kier molecular flexibility index (Phi) is 4.61. The number of nitrogens with one attached hydrogen (secondary N) is 1. The topological polar surface area (TPSA) is 68.5 Å². The largest absolute Gasteiger partial charge is 0.463 e. The van der Waals surface area contributed by atoms with Gasteiger partial charge in [0, 0.05) is 22.7 Å². The summed E-state index contributed by atoms with van der Waals surface area (Å²) in [5, 5.41) is 3.32. The van der Waals surface area contributed by atoms with E-state index in [1.807, 2.05) is 0 Å². The highest BCUT2D eigenvalue weighted by atomic mass is 19.1. The molecule has 0 saturated heterocycles. The number of ether oxygens (including phenoxy) is 1. The van der Waals surface area contributed by atoms with Gasteiger partial charge in [0.05, 0.1) is 7.11 Å². The number of carbonyl (C=O) groups excluding carboxylic acids is 2. The van der Waals surface area contributed by atoms with Crippen molar-refractivity contribution in [2.75, 3.05) is 12.4 Å². The van der Waals surface area contributed by atoms with E-state index in [0.29, 0.717) is 22.2 Å². The van der Waals surface area contributed by atoms with Crippen LogP contribution in [0.1, 0.15) is 16.1 Å². The van der Waals surface area contributed by atoms with E-state index in [1.165, 1.54) is 31.4 Å². The van der Waals surface area contributed by atoms with Crippen LogP contribution in [0.25, 0.3) is 17.0 Å². The van der Waals surface area contributed by atoms with Gasteiger partial charge < -0.3 is 14.5 Å². The van der Waals surface area contributed by atoms with Gasteiger partial charge in [-0.05, 0) is 36.4 Å². The summed E-state index contributed by atoms with van der Waals surface area (Å²) in [7, 11) is 1.27. The van der Waals surface area contributed by atoms with Gasteiger partial charge in [-0.3, -0.25) is 4.79 Å². The number of halogens is 1. The molecule has 6 heteroatoms. The maximum Gasteiger partial charge on any atom is 0.373 e. The van der Waals surface area contributed by atoms with Gasteiger partial charge in [0.15, 0.2) is 0 Å². The first-order chi connectivity index (χ1) is 12.1. The van der Waals surface area contributed by atoms with Crippen LogP contribution in [-0.2, 0) is 9.53 Å². The summed E-state index contributed by atoms with van der Waals surface area (Å²) >= 11 is 0. The van der Waals surface area contributed by atoms with Gasteiger partial charge in [-0.2, -0.15) is 0 Å². The molecule has 5 nitrogen and oxygen atoms in total. The van der Waals surface area contributed by atoms with Crippen molar-refractivity contribution in [3.63, 3.8) is 0 Å². The highest BCUT2D eigenvalue weighted by Gasteiger charge is 2.12. The number of hydrogen-bond donors (Lipinski definition) is 1. The zero-order chi connectivity index (χ0) is 17.8. The number of hydrogen-bond acceptors (Lipinski definition) is 4. The lowest BCUT2D eigenvalue weighted by Gasteiger charge is -2.02. The fourth-order valence-corrected chi connectivity index (χ4v) is 2.28. The molecule has 1 heterocycles. The summed E-state index contributed by atoms with van der Waals surface area (Å²) in [5.41, 5.74) is 1.35. The van der Waals surface area contributed by atoms with Crippen molar-refractivity contribution in [3.8, 4) is 0 Å². The van der Waals surface area contributed by atoms with Crippen LogP contribution in [0.5, 0.6) is 0 Å². The fraction of sp³-hybridized carbons (Fsp3) is 0.0526. The molecule has 0 aliphatic heterocycles. The minimum Gasteiger partial charge on any atom is -0.463 e.